The average molecular weight is 316 g/mol. The lowest BCUT2D eigenvalue weighted by Gasteiger charge is -2.11. The predicted octanol–water partition coefficient (Wildman–Crippen LogP) is 1.76. The number of ether oxygens (including phenoxy) is 2. The summed E-state index contributed by atoms with van der Waals surface area (Å²) >= 11 is 0. The molecule has 0 fully saturated rings. The van der Waals surface area contributed by atoms with Crippen LogP contribution in [0, 0.1) is 0 Å². The first kappa shape index (κ1) is 17.7. The second-order valence-electron chi connectivity index (χ2n) is 4.93. The zero-order valence-electron chi connectivity index (χ0n) is 12.8. The fourth-order valence-corrected chi connectivity index (χ4v) is 3.01. The van der Waals surface area contributed by atoms with E-state index in [4.69, 9.17) is 15.2 Å². The van der Waals surface area contributed by atoms with Crippen molar-refractivity contribution in [2.75, 3.05) is 26.0 Å². The Balaban J connectivity index is 2.56. The van der Waals surface area contributed by atoms with Gasteiger partial charge in [-0.3, -0.25) is 0 Å². The minimum Gasteiger partial charge on any atom is -0.495 e. The van der Waals surface area contributed by atoms with E-state index in [2.05, 4.69) is 4.72 Å². The van der Waals surface area contributed by atoms with Crippen molar-refractivity contribution >= 4 is 15.7 Å². The van der Waals surface area contributed by atoms with Gasteiger partial charge in [-0.2, -0.15) is 0 Å². The lowest BCUT2D eigenvalue weighted by molar-refractivity contribution is 0.0762. The summed E-state index contributed by atoms with van der Waals surface area (Å²) in [4.78, 5) is 0.0587. The van der Waals surface area contributed by atoms with E-state index >= 15 is 0 Å². The van der Waals surface area contributed by atoms with E-state index < -0.39 is 10.0 Å². The molecule has 0 amide bonds. The van der Waals surface area contributed by atoms with E-state index in [1.807, 2.05) is 13.8 Å². The number of nitrogen functional groups attached to an aromatic ring is 1. The summed E-state index contributed by atoms with van der Waals surface area (Å²) < 4.78 is 37.5. The van der Waals surface area contributed by atoms with Crippen LogP contribution in [0.3, 0.4) is 0 Å². The molecule has 0 saturated heterocycles. The molecule has 120 valence electrons. The smallest absolute Gasteiger partial charge is 0.244 e. The predicted molar refractivity (Wildman–Crippen MR) is 82.9 cm³/mol. The maximum Gasteiger partial charge on any atom is 0.244 e. The highest BCUT2D eigenvalue weighted by Crippen LogP contribution is 2.25. The second kappa shape index (κ2) is 8.21. The first-order valence-electron chi connectivity index (χ1n) is 6.91. The molecule has 0 aliphatic rings. The maximum atomic E-state index is 12.2. The standard InChI is InChI=1S/C14H24N2O4S/c1-11(2)20-9-5-4-8-16-21(17,18)14-10-12(15)6-7-13(14)19-3/h6-7,10-11,16H,4-5,8-9,15H2,1-3H3. The molecule has 0 radical (unpaired) electrons. The number of sulfonamides is 1. The van der Waals surface area contributed by atoms with E-state index in [0.717, 1.165) is 6.42 Å². The van der Waals surface area contributed by atoms with Crippen LogP contribution in [0.5, 0.6) is 5.75 Å². The normalized spacial score (nSPS) is 11.8. The Morgan fingerprint density at radius 2 is 2.00 bits per heavy atom. The fraction of sp³-hybridized carbons (Fsp3) is 0.571. The quantitative estimate of drug-likeness (QED) is 0.535. The van der Waals surface area contributed by atoms with Crippen LogP contribution in [-0.2, 0) is 14.8 Å². The van der Waals surface area contributed by atoms with Crippen molar-refractivity contribution in [3.05, 3.63) is 18.2 Å². The molecule has 0 heterocycles. The van der Waals surface area contributed by atoms with Crippen LogP contribution >= 0.6 is 0 Å². The number of benzene rings is 1. The van der Waals surface area contributed by atoms with Crippen molar-refractivity contribution in [1.82, 2.24) is 4.72 Å². The van der Waals surface area contributed by atoms with Gasteiger partial charge in [0.1, 0.15) is 10.6 Å². The molecule has 1 aromatic carbocycles. The van der Waals surface area contributed by atoms with Gasteiger partial charge in [0.25, 0.3) is 0 Å². The molecule has 21 heavy (non-hydrogen) atoms. The highest BCUT2D eigenvalue weighted by atomic mass is 32.2. The van der Waals surface area contributed by atoms with Crippen molar-refractivity contribution in [2.45, 2.75) is 37.7 Å². The summed E-state index contributed by atoms with van der Waals surface area (Å²) in [5.41, 5.74) is 6.01. The molecule has 6 nitrogen and oxygen atoms in total. The van der Waals surface area contributed by atoms with E-state index in [1.165, 1.54) is 13.2 Å². The molecule has 0 aromatic heterocycles. The minimum absolute atomic E-state index is 0.0587. The number of hydrogen-bond acceptors (Lipinski definition) is 5. The van der Waals surface area contributed by atoms with Gasteiger partial charge >= 0.3 is 0 Å². The third-order valence-corrected chi connectivity index (χ3v) is 4.27. The zero-order chi connectivity index (χ0) is 15.9. The molecular formula is C14H24N2O4S. The van der Waals surface area contributed by atoms with Crippen LogP contribution < -0.4 is 15.2 Å². The SMILES string of the molecule is COc1ccc(N)cc1S(=O)(=O)NCCCCOC(C)C. The summed E-state index contributed by atoms with van der Waals surface area (Å²) in [6.07, 6.45) is 1.70. The van der Waals surface area contributed by atoms with Gasteiger partial charge in [-0.15, -0.1) is 0 Å². The van der Waals surface area contributed by atoms with Gasteiger partial charge in [0, 0.05) is 18.8 Å². The average Bonchev–Trinajstić information content (AvgIpc) is 2.42. The van der Waals surface area contributed by atoms with Crippen LogP contribution in [0.1, 0.15) is 26.7 Å². The summed E-state index contributed by atoms with van der Waals surface area (Å²) in [6.45, 7) is 4.91. The van der Waals surface area contributed by atoms with Crippen molar-refractivity contribution in [3.8, 4) is 5.75 Å². The largest absolute Gasteiger partial charge is 0.495 e. The van der Waals surface area contributed by atoms with Crippen LogP contribution in [0.15, 0.2) is 23.1 Å². The first-order chi connectivity index (χ1) is 9.86. The van der Waals surface area contributed by atoms with Crippen molar-refractivity contribution < 1.29 is 17.9 Å². The monoisotopic (exact) mass is 316 g/mol. The molecule has 0 saturated carbocycles. The van der Waals surface area contributed by atoms with Crippen LogP contribution in [0.25, 0.3) is 0 Å². The molecule has 1 aromatic rings. The van der Waals surface area contributed by atoms with Crippen molar-refractivity contribution in [2.24, 2.45) is 0 Å². The number of unbranched alkanes of at least 4 members (excludes halogenated alkanes) is 1. The van der Waals surface area contributed by atoms with E-state index in [-0.39, 0.29) is 16.7 Å². The Kier molecular flexibility index (Phi) is 6.94. The molecular weight excluding hydrogens is 292 g/mol. The number of methoxy groups -OCH3 is 1. The van der Waals surface area contributed by atoms with Gasteiger partial charge in [0.2, 0.25) is 10.0 Å². The lowest BCUT2D eigenvalue weighted by Crippen LogP contribution is -2.25. The van der Waals surface area contributed by atoms with Crippen molar-refractivity contribution in [1.29, 1.82) is 0 Å². The van der Waals surface area contributed by atoms with Gasteiger partial charge in [-0.1, -0.05) is 0 Å². The molecule has 0 atom stereocenters. The van der Waals surface area contributed by atoms with E-state index in [1.54, 1.807) is 12.1 Å². The maximum absolute atomic E-state index is 12.2. The molecule has 0 bridgehead atoms. The lowest BCUT2D eigenvalue weighted by atomic mass is 10.3. The molecule has 1 rings (SSSR count). The summed E-state index contributed by atoms with van der Waals surface area (Å²) in [5, 5.41) is 0. The Morgan fingerprint density at radius 1 is 1.29 bits per heavy atom. The molecule has 7 heteroatoms. The Hall–Kier alpha value is -1.31. The third kappa shape index (κ3) is 5.91. The first-order valence-corrected chi connectivity index (χ1v) is 8.40. The van der Waals surface area contributed by atoms with E-state index in [9.17, 15) is 8.42 Å². The molecule has 0 aliphatic heterocycles. The van der Waals surface area contributed by atoms with Gasteiger partial charge in [0.15, 0.2) is 0 Å². The number of hydrogen-bond donors (Lipinski definition) is 2. The Morgan fingerprint density at radius 3 is 2.62 bits per heavy atom. The molecule has 0 spiro atoms. The molecule has 0 aliphatic carbocycles. The highest BCUT2D eigenvalue weighted by molar-refractivity contribution is 7.89. The van der Waals surface area contributed by atoms with Gasteiger partial charge in [0.05, 0.1) is 13.2 Å². The number of rotatable bonds is 9. The van der Waals surface area contributed by atoms with Crippen LogP contribution in [0.2, 0.25) is 0 Å². The summed E-state index contributed by atoms with van der Waals surface area (Å²) in [7, 11) is -2.20. The Labute approximate surface area is 126 Å². The summed E-state index contributed by atoms with van der Waals surface area (Å²) in [5.74, 6) is 0.278. The van der Waals surface area contributed by atoms with Gasteiger partial charge in [-0.05, 0) is 44.9 Å². The van der Waals surface area contributed by atoms with Crippen molar-refractivity contribution in [3.63, 3.8) is 0 Å². The van der Waals surface area contributed by atoms with Crippen LogP contribution in [0.4, 0.5) is 5.69 Å². The number of anilines is 1. The Bertz CT molecular complexity index is 544. The molecule has 0 unspecified atom stereocenters. The third-order valence-electron chi connectivity index (χ3n) is 2.79. The fourth-order valence-electron chi connectivity index (χ4n) is 1.73. The zero-order valence-corrected chi connectivity index (χ0v) is 13.6. The van der Waals surface area contributed by atoms with Gasteiger partial charge in [-0.25, -0.2) is 13.1 Å². The van der Waals surface area contributed by atoms with Gasteiger partial charge < -0.3 is 15.2 Å². The topological polar surface area (TPSA) is 90.7 Å². The van der Waals surface area contributed by atoms with Crippen LogP contribution in [-0.4, -0.2) is 34.8 Å². The molecule has 3 N–H and O–H groups in total. The minimum atomic E-state index is -3.62. The summed E-state index contributed by atoms with van der Waals surface area (Å²) in [6, 6.07) is 4.53. The number of nitrogens with two attached hydrogens (primary N) is 1. The second-order valence-corrected chi connectivity index (χ2v) is 6.67. The highest BCUT2D eigenvalue weighted by Gasteiger charge is 2.19. The number of nitrogens with one attached hydrogen (secondary N) is 1. The van der Waals surface area contributed by atoms with E-state index in [0.29, 0.717) is 25.3 Å².